The van der Waals surface area contributed by atoms with Gasteiger partial charge in [-0.05, 0) is 6.07 Å². The van der Waals surface area contributed by atoms with Gasteiger partial charge in [0.05, 0.1) is 6.26 Å². The third kappa shape index (κ3) is 5.18. The van der Waals surface area contributed by atoms with Crippen molar-refractivity contribution in [3.63, 3.8) is 0 Å². The van der Waals surface area contributed by atoms with E-state index in [-0.39, 0.29) is 0 Å². The number of hydrogen-bond donors (Lipinski definition) is 3. The Morgan fingerprint density at radius 2 is 2.20 bits per heavy atom. The Balaban J connectivity index is 2.32. The summed E-state index contributed by atoms with van der Waals surface area (Å²) in [6, 6.07) is 3.36. The smallest absolute Gasteiger partial charge is 0.208 e. The van der Waals surface area contributed by atoms with Crippen molar-refractivity contribution in [2.45, 2.75) is 0 Å². The number of anilines is 2. The Hall–Kier alpha value is -1.34. The summed E-state index contributed by atoms with van der Waals surface area (Å²) < 4.78 is 23.8. The summed E-state index contributed by atoms with van der Waals surface area (Å²) in [4.78, 5) is 4.01. The zero-order chi connectivity index (χ0) is 11.3. The van der Waals surface area contributed by atoms with Crippen LogP contribution in [0, 0.1) is 0 Å². The van der Waals surface area contributed by atoms with Gasteiger partial charge in [0.25, 0.3) is 0 Å². The fourth-order valence-electron chi connectivity index (χ4n) is 0.971. The molecule has 15 heavy (non-hydrogen) atoms. The van der Waals surface area contributed by atoms with Gasteiger partial charge < -0.3 is 11.1 Å². The fourth-order valence-corrected chi connectivity index (χ4v) is 1.44. The van der Waals surface area contributed by atoms with E-state index in [1.54, 1.807) is 18.3 Å². The average molecular weight is 230 g/mol. The molecule has 0 atom stereocenters. The van der Waals surface area contributed by atoms with Gasteiger partial charge in [-0.25, -0.2) is 18.1 Å². The zero-order valence-corrected chi connectivity index (χ0v) is 9.21. The highest BCUT2D eigenvalue weighted by molar-refractivity contribution is 7.88. The summed E-state index contributed by atoms with van der Waals surface area (Å²) in [6.07, 6.45) is 2.70. The summed E-state index contributed by atoms with van der Waals surface area (Å²) in [5, 5.41) is 2.94. The van der Waals surface area contributed by atoms with E-state index in [0.29, 0.717) is 24.6 Å². The van der Waals surface area contributed by atoms with Gasteiger partial charge in [-0.15, -0.1) is 0 Å². The third-order valence-electron chi connectivity index (χ3n) is 1.58. The number of nitrogen functional groups attached to an aromatic ring is 1. The molecule has 0 aliphatic rings. The van der Waals surface area contributed by atoms with Crippen molar-refractivity contribution in [3.05, 3.63) is 18.3 Å². The van der Waals surface area contributed by atoms with E-state index >= 15 is 0 Å². The molecule has 1 aromatic rings. The molecule has 0 saturated carbocycles. The van der Waals surface area contributed by atoms with Gasteiger partial charge in [0.15, 0.2) is 0 Å². The summed E-state index contributed by atoms with van der Waals surface area (Å²) in [7, 11) is -3.12. The number of nitrogens with zero attached hydrogens (tertiary/aromatic N) is 1. The lowest BCUT2D eigenvalue weighted by Crippen LogP contribution is -2.27. The Bertz CT molecular complexity index is 418. The maximum atomic E-state index is 10.7. The lowest BCUT2D eigenvalue weighted by molar-refractivity contribution is 0.589. The Kier molecular flexibility index (Phi) is 3.87. The molecule has 0 saturated heterocycles. The maximum Gasteiger partial charge on any atom is 0.208 e. The van der Waals surface area contributed by atoms with Gasteiger partial charge in [-0.1, -0.05) is 0 Å². The molecule has 1 heterocycles. The van der Waals surface area contributed by atoms with Crippen molar-refractivity contribution >= 4 is 21.5 Å². The average Bonchev–Trinajstić information content (AvgIpc) is 2.11. The number of nitrogens with two attached hydrogens (primary N) is 1. The van der Waals surface area contributed by atoms with E-state index < -0.39 is 10.0 Å². The first-order chi connectivity index (χ1) is 6.97. The molecule has 4 N–H and O–H groups in total. The monoisotopic (exact) mass is 230 g/mol. The van der Waals surface area contributed by atoms with Gasteiger partial charge in [-0.3, -0.25) is 0 Å². The van der Waals surface area contributed by atoms with Gasteiger partial charge >= 0.3 is 0 Å². The molecule has 6 nitrogen and oxygen atoms in total. The zero-order valence-electron chi connectivity index (χ0n) is 8.40. The van der Waals surface area contributed by atoms with Crippen molar-refractivity contribution in [2.75, 3.05) is 30.4 Å². The molecule has 0 radical (unpaired) electrons. The van der Waals surface area contributed by atoms with Crippen LogP contribution in [-0.4, -0.2) is 32.7 Å². The molecule has 0 bridgehead atoms. The van der Waals surface area contributed by atoms with Crippen molar-refractivity contribution in [2.24, 2.45) is 0 Å². The summed E-state index contributed by atoms with van der Waals surface area (Å²) in [5.41, 5.74) is 6.15. The number of hydrogen-bond acceptors (Lipinski definition) is 5. The first kappa shape index (κ1) is 11.7. The van der Waals surface area contributed by atoms with Crippen molar-refractivity contribution < 1.29 is 8.42 Å². The quantitative estimate of drug-likeness (QED) is 0.599. The molecule has 0 aromatic carbocycles. The van der Waals surface area contributed by atoms with Crippen molar-refractivity contribution in [1.82, 2.24) is 9.71 Å². The SMILES string of the molecule is CS(=O)(=O)NCCNc1cc(N)ccn1. The predicted molar refractivity (Wildman–Crippen MR) is 60.0 cm³/mol. The van der Waals surface area contributed by atoms with E-state index in [9.17, 15) is 8.42 Å². The fraction of sp³-hybridized carbons (Fsp3) is 0.375. The summed E-state index contributed by atoms with van der Waals surface area (Å²) in [5.74, 6) is 0.630. The Labute approximate surface area is 88.9 Å². The van der Waals surface area contributed by atoms with Crippen LogP contribution in [-0.2, 0) is 10.0 Å². The molecule has 1 aromatic heterocycles. The molecule has 0 spiro atoms. The van der Waals surface area contributed by atoms with Crippen LogP contribution >= 0.6 is 0 Å². The lowest BCUT2D eigenvalue weighted by Gasteiger charge is -2.05. The van der Waals surface area contributed by atoms with Gasteiger partial charge in [-0.2, -0.15) is 0 Å². The summed E-state index contributed by atoms with van der Waals surface area (Å²) >= 11 is 0. The van der Waals surface area contributed by atoms with Crippen LogP contribution in [0.25, 0.3) is 0 Å². The normalized spacial score (nSPS) is 11.3. The van der Waals surface area contributed by atoms with E-state index in [1.165, 1.54) is 0 Å². The maximum absolute atomic E-state index is 10.7. The minimum absolute atomic E-state index is 0.315. The van der Waals surface area contributed by atoms with E-state index in [1.807, 2.05) is 0 Å². The molecule has 7 heteroatoms. The number of nitrogens with one attached hydrogen (secondary N) is 2. The first-order valence-corrected chi connectivity index (χ1v) is 6.26. The minimum Gasteiger partial charge on any atom is -0.399 e. The number of aromatic nitrogens is 1. The predicted octanol–water partition coefficient (Wildman–Crippen LogP) is -0.375. The van der Waals surface area contributed by atoms with E-state index in [2.05, 4.69) is 15.0 Å². The minimum atomic E-state index is -3.12. The van der Waals surface area contributed by atoms with Crippen LogP contribution in [0.15, 0.2) is 18.3 Å². The van der Waals surface area contributed by atoms with E-state index in [4.69, 9.17) is 5.73 Å². The van der Waals surface area contributed by atoms with Crippen LogP contribution in [0.3, 0.4) is 0 Å². The lowest BCUT2D eigenvalue weighted by atomic mass is 10.4. The molecule has 0 aliphatic carbocycles. The van der Waals surface area contributed by atoms with Crippen LogP contribution in [0.1, 0.15) is 0 Å². The molecule has 1 rings (SSSR count). The largest absolute Gasteiger partial charge is 0.399 e. The topological polar surface area (TPSA) is 97.1 Å². The molecule has 0 amide bonds. The van der Waals surface area contributed by atoms with Crippen LogP contribution < -0.4 is 15.8 Å². The van der Waals surface area contributed by atoms with Gasteiger partial charge in [0, 0.05) is 31.0 Å². The highest BCUT2D eigenvalue weighted by Crippen LogP contribution is 2.06. The van der Waals surface area contributed by atoms with Crippen LogP contribution in [0.5, 0.6) is 0 Å². The highest BCUT2D eigenvalue weighted by atomic mass is 32.2. The first-order valence-electron chi connectivity index (χ1n) is 4.37. The van der Waals surface area contributed by atoms with Crippen molar-refractivity contribution in [1.29, 1.82) is 0 Å². The van der Waals surface area contributed by atoms with E-state index in [0.717, 1.165) is 6.26 Å². The molecular formula is C8H14N4O2S. The second-order valence-electron chi connectivity index (χ2n) is 3.07. The second-order valence-corrected chi connectivity index (χ2v) is 4.90. The third-order valence-corrected chi connectivity index (χ3v) is 2.31. The molecule has 0 unspecified atom stereocenters. The Morgan fingerprint density at radius 1 is 1.47 bits per heavy atom. The number of sulfonamides is 1. The highest BCUT2D eigenvalue weighted by Gasteiger charge is 1.99. The molecular weight excluding hydrogens is 216 g/mol. The molecule has 0 aliphatic heterocycles. The summed E-state index contributed by atoms with van der Waals surface area (Å²) in [6.45, 7) is 0.777. The number of rotatable bonds is 5. The number of pyridine rings is 1. The van der Waals surface area contributed by atoms with Crippen LogP contribution in [0.2, 0.25) is 0 Å². The van der Waals surface area contributed by atoms with Crippen LogP contribution in [0.4, 0.5) is 11.5 Å². The van der Waals surface area contributed by atoms with Gasteiger partial charge in [0.2, 0.25) is 10.0 Å². The molecule has 84 valence electrons. The standard InChI is InChI=1S/C8H14N4O2S/c1-15(13,14)12-5-4-11-8-6-7(9)2-3-10-8/h2-3,6,12H,4-5H2,1H3,(H3,9,10,11). The second kappa shape index (κ2) is 4.94. The van der Waals surface area contributed by atoms with Crippen molar-refractivity contribution in [3.8, 4) is 0 Å². The Morgan fingerprint density at radius 3 is 2.80 bits per heavy atom. The van der Waals surface area contributed by atoms with Gasteiger partial charge in [0.1, 0.15) is 5.82 Å². The molecule has 0 fully saturated rings.